The topological polar surface area (TPSA) is 54.3 Å². The molecule has 5 nitrogen and oxygen atoms in total. The van der Waals surface area contributed by atoms with Gasteiger partial charge in [0.1, 0.15) is 5.56 Å². The van der Waals surface area contributed by atoms with E-state index in [0.717, 1.165) is 11.1 Å². The number of amides is 1. The summed E-state index contributed by atoms with van der Waals surface area (Å²) in [5.74, 6) is -0.177. The summed E-state index contributed by atoms with van der Waals surface area (Å²) in [5, 5.41) is 3.40. The van der Waals surface area contributed by atoms with E-state index >= 15 is 0 Å². The van der Waals surface area contributed by atoms with Gasteiger partial charge in [-0.05, 0) is 38.5 Å². The summed E-state index contributed by atoms with van der Waals surface area (Å²) in [4.78, 5) is 27.4. The summed E-state index contributed by atoms with van der Waals surface area (Å²) in [6, 6.07) is 11.9. The number of piperazine rings is 1. The quantitative estimate of drug-likeness (QED) is 0.931. The Morgan fingerprint density at radius 2 is 1.88 bits per heavy atom. The molecule has 1 aromatic heterocycles. The summed E-state index contributed by atoms with van der Waals surface area (Å²) in [5.41, 5.74) is 2.22. The van der Waals surface area contributed by atoms with E-state index in [2.05, 4.69) is 25.2 Å². The van der Waals surface area contributed by atoms with E-state index in [1.54, 1.807) is 27.8 Å². The number of rotatable bonds is 3. The Kier molecular flexibility index (Phi) is 5.04. The second kappa shape index (κ2) is 7.23. The maximum Gasteiger partial charge on any atom is 0.263 e. The van der Waals surface area contributed by atoms with Gasteiger partial charge in [0.15, 0.2) is 0 Å². The molecule has 1 N–H and O–H groups in total. The van der Waals surface area contributed by atoms with Crippen LogP contribution in [0.4, 0.5) is 0 Å². The highest BCUT2D eigenvalue weighted by Gasteiger charge is 2.27. The number of aryl methyl sites for hydroxylation is 1. The Hall–Kier alpha value is -2.40. The molecule has 1 amide bonds. The predicted molar refractivity (Wildman–Crippen MR) is 98.9 cm³/mol. The van der Waals surface area contributed by atoms with Gasteiger partial charge in [-0.15, -0.1) is 0 Å². The third-order valence-electron chi connectivity index (χ3n) is 4.53. The van der Waals surface area contributed by atoms with E-state index in [1.165, 1.54) is 0 Å². The van der Waals surface area contributed by atoms with Crippen LogP contribution in [0, 0.1) is 6.92 Å². The minimum absolute atomic E-state index is 0.177. The van der Waals surface area contributed by atoms with E-state index in [9.17, 15) is 9.59 Å². The molecule has 2 atom stereocenters. The van der Waals surface area contributed by atoms with Crippen LogP contribution in [0.5, 0.6) is 0 Å². The first kappa shape index (κ1) is 17.4. The summed E-state index contributed by atoms with van der Waals surface area (Å²) < 4.78 is 1.61. The number of benzene rings is 1. The number of nitrogens with one attached hydrogen (secondary N) is 1. The zero-order valence-corrected chi connectivity index (χ0v) is 15.0. The standard InChI is InChI=1S/C20H25N3O2/c1-14-6-4-7-17(10-14)13-22-9-5-8-18(19(22)24)20(25)23-11-15(2)21-16(3)12-23/h4-10,15-16,21H,11-13H2,1-3H3/t15-,16-/m1/s1. The van der Waals surface area contributed by atoms with Gasteiger partial charge in [0, 0.05) is 31.4 Å². The monoisotopic (exact) mass is 339 g/mol. The summed E-state index contributed by atoms with van der Waals surface area (Å²) >= 11 is 0. The highest BCUT2D eigenvalue weighted by Crippen LogP contribution is 2.09. The van der Waals surface area contributed by atoms with E-state index in [4.69, 9.17) is 0 Å². The molecule has 5 heteroatoms. The van der Waals surface area contributed by atoms with E-state index < -0.39 is 0 Å². The molecule has 132 valence electrons. The first-order valence-corrected chi connectivity index (χ1v) is 8.74. The maximum absolute atomic E-state index is 12.9. The predicted octanol–water partition coefficient (Wildman–Crippen LogP) is 2.03. The summed E-state index contributed by atoms with van der Waals surface area (Å²) in [6.07, 6.45) is 1.74. The minimum Gasteiger partial charge on any atom is -0.335 e. The van der Waals surface area contributed by atoms with Crippen molar-refractivity contribution in [3.05, 3.63) is 69.6 Å². The zero-order chi connectivity index (χ0) is 18.0. The second-order valence-electron chi connectivity index (χ2n) is 7.02. The van der Waals surface area contributed by atoms with Gasteiger partial charge in [-0.1, -0.05) is 29.8 Å². The van der Waals surface area contributed by atoms with Crippen LogP contribution >= 0.6 is 0 Å². The Morgan fingerprint density at radius 1 is 1.16 bits per heavy atom. The largest absolute Gasteiger partial charge is 0.335 e. The van der Waals surface area contributed by atoms with Gasteiger partial charge in [0.05, 0.1) is 6.54 Å². The van der Waals surface area contributed by atoms with Crippen LogP contribution in [0.1, 0.15) is 35.3 Å². The molecule has 0 saturated carbocycles. The Bertz CT molecular complexity index is 818. The second-order valence-corrected chi connectivity index (χ2v) is 7.02. The molecule has 2 aromatic rings. The van der Waals surface area contributed by atoms with E-state index in [0.29, 0.717) is 19.6 Å². The number of nitrogens with zero attached hydrogens (tertiary/aromatic N) is 2. The fourth-order valence-electron chi connectivity index (χ4n) is 3.49. The number of hydrogen-bond donors (Lipinski definition) is 1. The smallest absolute Gasteiger partial charge is 0.263 e. The third-order valence-corrected chi connectivity index (χ3v) is 4.53. The van der Waals surface area contributed by atoms with Crippen LogP contribution in [0.15, 0.2) is 47.4 Å². The molecule has 1 saturated heterocycles. The van der Waals surface area contributed by atoms with Gasteiger partial charge >= 0.3 is 0 Å². The average molecular weight is 339 g/mol. The molecule has 0 bridgehead atoms. The molecule has 3 rings (SSSR count). The van der Waals surface area contributed by atoms with Gasteiger partial charge in [-0.25, -0.2) is 0 Å². The SMILES string of the molecule is Cc1cccc(Cn2cccc(C(=O)N3C[C@@H](C)N[C@H](C)C3)c2=O)c1. The lowest BCUT2D eigenvalue weighted by atomic mass is 10.1. The molecule has 25 heavy (non-hydrogen) atoms. The highest BCUT2D eigenvalue weighted by molar-refractivity contribution is 5.94. The van der Waals surface area contributed by atoms with Crippen LogP contribution in [-0.4, -0.2) is 40.5 Å². The first-order valence-electron chi connectivity index (χ1n) is 8.74. The molecule has 1 fully saturated rings. The lowest BCUT2D eigenvalue weighted by molar-refractivity contribution is 0.0671. The van der Waals surface area contributed by atoms with Crippen molar-refractivity contribution in [2.75, 3.05) is 13.1 Å². The van der Waals surface area contributed by atoms with Gasteiger partial charge in [-0.2, -0.15) is 0 Å². The Labute approximate surface area is 148 Å². The average Bonchev–Trinajstić information content (AvgIpc) is 2.55. The maximum atomic E-state index is 12.9. The first-order chi connectivity index (χ1) is 11.9. The van der Waals surface area contributed by atoms with Crippen molar-refractivity contribution in [2.24, 2.45) is 0 Å². The number of aromatic nitrogens is 1. The third kappa shape index (κ3) is 3.99. The van der Waals surface area contributed by atoms with Crippen molar-refractivity contribution in [3.8, 4) is 0 Å². The molecule has 0 unspecified atom stereocenters. The minimum atomic E-state index is -0.229. The van der Waals surface area contributed by atoms with Gasteiger partial charge in [0.25, 0.3) is 11.5 Å². The van der Waals surface area contributed by atoms with Gasteiger partial charge in [0.2, 0.25) is 0 Å². The van der Waals surface area contributed by atoms with Gasteiger partial charge in [-0.3, -0.25) is 9.59 Å². The molecular formula is C20H25N3O2. The molecular weight excluding hydrogens is 314 g/mol. The fourth-order valence-corrected chi connectivity index (χ4v) is 3.49. The van der Waals surface area contributed by atoms with Crippen molar-refractivity contribution in [2.45, 2.75) is 39.4 Å². The van der Waals surface area contributed by atoms with Crippen molar-refractivity contribution in [3.63, 3.8) is 0 Å². The number of hydrogen-bond acceptors (Lipinski definition) is 3. The van der Waals surface area contributed by atoms with Crippen molar-refractivity contribution in [1.29, 1.82) is 0 Å². The van der Waals surface area contributed by atoms with Crippen LogP contribution in [-0.2, 0) is 6.54 Å². The lowest BCUT2D eigenvalue weighted by Gasteiger charge is -2.36. The molecule has 1 aromatic carbocycles. The zero-order valence-electron chi connectivity index (χ0n) is 15.0. The van der Waals surface area contributed by atoms with Crippen molar-refractivity contribution >= 4 is 5.91 Å². The summed E-state index contributed by atoms with van der Waals surface area (Å²) in [7, 11) is 0. The van der Waals surface area contributed by atoms with E-state index in [1.807, 2.05) is 25.1 Å². The van der Waals surface area contributed by atoms with Crippen LogP contribution < -0.4 is 10.9 Å². The van der Waals surface area contributed by atoms with E-state index in [-0.39, 0.29) is 29.1 Å². The highest BCUT2D eigenvalue weighted by atomic mass is 16.2. The number of pyridine rings is 1. The number of carbonyl (C=O) groups is 1. The Morgan fingerprint density at radius 3 is 2.56 bits per heavy atom. The Balaban J connectivity index is 1.85. The molecule has 0 radical (unpaired) electrons. The normalized spacial score (nSPS) is 20.5. The van der Waals surface area contributed by atoms with Crippen LogP contribution in [0.2, 0.25) is 0 Å². The fraction of sp³-hybridized carbons (Fsp3) is 0.400. The van der Waals surface area contributed by atoms with Crippen LogP contribution in [0.3, 0.4) is 0 Å². The molecule has 0 spiro atoms. The van der Waals surface area contributed by atoms with Crippen LogP contribution in [0.25, 0.3) is 0 Å². The summed E-state index contributed by atoms with van der Waals surface area (Å²) in [6.45, 7) is 7.84. The van der Waals surface area contributed by atoms with Crippen molar-refractivity contribution < 1.29 is 4.79 Å². The molecule has 1 aliphatic heterocycles. The number of carbonyl (C=O) groups excluding carboxylic acids is 1. The molecule has 1 aliphatic rings. The van der Waals surface area contributed by atoms with Crippen molar-refractivity contribution in [1.82, 2.24) is 14.8 Å². The molecule has 2 heterocycles. The molecule has 0 aliphatic carbocycles. The lowest BCUT2D eigenvalue weighted by Crippen LogP contribution is -2.56. The van der Waals surface area contributed by atoms with Gasteiger partial charge < -0.3 is 14.8 Å².